The summed E-state index contributed by atoms with van der Waals surface area (Å²) in [6.07, 6.45) is 9.36. The van der Waals surface area contributed by atoms with Crippen LogP contribution < -0.4 is 10.6 Å². The van der Waals surface area contributed by atoms with Crippen LogP contribution in [0.1, 0.15) is 37.5 Å². The third-order valence-corrected chi connectivity index (χ3v) is 4.48. The summed E-state index contributed by atoms with van der Waals surface area (Å²) in [5.74, 6) is 0.911. The second kappa shape index (κ2) is 9.22. The number of urea groups is 1. The van der Waals surface area contributed by atoms with E-state index in [4.69, 9.17) is 4.42 Å². The minimum absolute atomic E-state index is 0.0937. The molecule has 1 saturated heterocycles. The Morgan fingerprint density at radius 2 is 2.16 bits per heavy atom. The van der Waals surface area contributed by atoms with Gasteiger partial charge in [-0.3, -0.25) is 9.58 Å². The van der Waals surface area contributed by atoms with Gasteiger partial charge in [0.2, 0.25) is 0 Å². The van der Waals surface area contributed by atoms with Crippen molar-refractivity contribution < 1.29 is 9.21 Å². The van der Waals surface area contributed by atoms with E-state index in [0.717, 1.165) is 31.8 Å². The summed E-state index contributed by atoms with van der Waals surface area (Å²) in [7, 11) is 0. The minimum atomic E-state index is -0.146. The average Bonchev–Trinajstić information content (AvgIpc) is 3.34. The van der Waals surface area contributed by atoms with Gasteiger partial charge in [-0.05, 0) is 44.5 Å². The van der Waals surface area contributed by atoms with Crippen LogP contribution in [0.3, 0.4) is 0 Å². The number of carbonyl (C=O) groups is 1. The van der Waals surface area contributed by atoms with Gasteiger partial charge in [0, 0.05) is 19.6 Å². The zero-order valence-corrected chi connectivity index (χ0v) is 14.4. The van der Waals surface area contributed by atoms with Gasteiger partial charge in [-0.2, -0.15) is 5.10 Å². The van der Waals surface area contributed by atoms with Crippen LogP contribution >= 0.6 is 0 Å². The highest BCUT2D eigenvalue weighted by Crippen LogP contribution is 2.24. The normalized spacial score (nSPS) is 16.5. The summed E-state index contributed by atoms with van der Waals surface area (Å²) in [6, 6.07) is 3.83. The van der Waals surface area contributed by atoms with Crippen LogP contribution in [-0.2, 0) is 6.54 Å². The number of hydrogen-bond acceptors (Lipinski definition) is 5. The lowest BCUT2D eigenvalue weighted by atomic mass is 10.1. The molecule has 1 fully saturated rings. The van der Waals surface area contributed by atoms with E-state index in [1.807, 2.05) is 12.1 Å². The average molecular weight is 346 g/mol. The van der Waals surface area contributed by atoms with Gasteiger partial charge in [0.1, 0.15) is 18.4 Å². The second-order valence-corrected chi connectivity index (χ2v) is 6.28. The third-order valence-electron chi connectivity index (χ3n) is 4.48. The summed E-state index contributed by atoms with van der Waals surface area (Å²) in [6.45, 7) is 3.98. The Morgan fingerprint density at radius 3 is 2.88 bits per heavy atom. The molecule has 0 spiro atoms. The standard InChI is InChI=1S/C17H26N6O2/c24-17(19-7-5-10-23-14-18-13-21-23)20-12-15(16-6-4-11-25-16)22-8-2-1-3-9-22/h4,6,11,13-15H,1-3,5,7-10,12H2,(H2,19,20,24)/t15-/m0/s1. The molecule has 0 aliphatic carbocycles. The lowest BCUT2D eigenvalue weighted by Gasteiger charge is -2.33. The quantitative estimate of drug-likeness (QED) is 0.712. The molecule has 2 aromatic rings. The van der Waals surface area contributed by atoms with Gasteiger partial charge in [0.25, 0.3) is 0 Å². The molecule has 8 nitrogen and oxygen atoms in total. The van der Waals surface area contributed by atoms with Gasteiger partial charge in [-0.25, -0.2) is 9.78 Å². The molecule has 1 aliphatic heterocycles. The molecule has 1 aliphatic rings. The fraction of sp³-hybridized carbons (Fsp3) is 0.588. The van der Waals surface area contributed by atoms with E-state index in [-0.39, 0.29) is 12.1 Å². The van der Waals surface area contributed by atoms with Crippen molar-refractivity contribution in [2.75, 3.05) is 26.2 Å². The van der Waals surface area contributed by atoms with Crippen molar-refractivity contribution in [3.8, 4) is 0 Å². The van der Waals surface area contributed by atoms with Gasteiger partial charge >= 0.3 is 6.03 Å². The van der Waals surface area contributed by atoms with Crippen molar-refractivity contribution in [2.45, 2.75) is 38.3 Å². The summed E-state index contributed by atoms with van der Waals surface area (Å²) in [4.78, 5) is 18.3. The SMILES string of the molecule is O=C(NCCCn1cncn1)NC[C@@H](c1ccco1)N1CCCCC1. The number of amides is 2. The number of aryl methyl sites for hydroxylation is 1. The van der Waals surface area contributed by atoms with Crippen molar-refractivity contribution in [3.05, 3.63) is 36.8 Å². The molecule has 8 heteroatoms. The Kier molecular flexibility index (Phi) is 6.44. The molecule has 3 heterocycles. The molecule has 0 unspecified atom stereocenters. The predicted molar refractivity (Wildman–Crippen MR) is 92.9 cm³/mol. The number of nitrogens with one attached hydrogen (secondary N) is 2. The van der Waals surface area contributed by atoms with E-state index < -0.39 is 0 Å². The van der Waals surface area contributed by atoms with Crippen molar-refractivity contribution in [2.24, 2.45) is 0 Å². The molecule has 2 N–H and O–H groups in total. The van der Waals surface area contributed by atoms with Gasteiger partial charge in [0.05, 0.1) is 12.3 Å². The van der Waals surface area contributed by atoms with Crippen molar-refractivity contribution in [1.82, 2.24) is 30.3 Å². The zero-order chi connectivity index (χ0) is 17.3. The molecule has 0 bridgehead atoms. The van der Waals surface area contributed by atoms with Crippen LogP contribution in [-0.4, -0.2) is 51.9 Å². The van der Waals surface area contributed by atoms with Gasteiger partial charge in [-0.15, -0.1) is 0 Å². The zero-order valence-electron chi connectivity index (χ0n) is 14.4. The van der Waals surface area contributed by atoms with Crippen molar-refractivity contribution >= 4 is 6.03 Å². The lowest BCUT2D eigenvalue weighted by Crippen LogP contribution is -2.43. The smallest absolute Gasteiger partial charge is 0.314 e. The predicted octanol–water partition coefficient (Wildman–Crippen LogP) is 1.79. The maximum atomic E-state index is 12.1. The molecule has 25 heavy (non-hydrogen) atoms. The van der Waals surface area contributed by atoms with Crippen LogP contribution in [0.4, 0.5) is 4.79 Å². The van der Waals surface area contributed by atoms with Crippen LogP contribution in [0.2, 0.25) is 0 Å². The summed E-state index contributed by atoms with van der Waals surface area (Å²) >= 11 is 0. The molecule has 0 saturated carbocycles. The minimum Gasteiger partial charge on any atom is -0.468 e. The van der Waals surface area contributed by atoms with Crippen LogP contribution in [0.15, 0.2) is 35.5 Å². The number of furan rings is 1. The van der Waals surface area contributed by atoms with Crippen LogP contribution in [0, 0.1) is 0 Å². The molecule has 2 amide bonds. The first-order valence-corrected chi connectivity index (χ1v) is 8.94. The van der Waals surface area contributed by atoms with Gasteiger partial charge in [-0.1, -0.05) is 6.42 Å². The fourth-order valence-electron chi connectivity index (χ4n) is 3.16. The molecule has 1 atom stereocenters. The molecule has 0 aromatic carbocycles. The first kappa shape index (κ1) is 17.5. The Bertz CT molecular complexity index is 607. The molecule has 3 rings (SSSR count). The number of likely N-dealkylation sites (tertiary alicyclic amines) is 1. The van der Waals surface area contributed by atoms with E-state index in [0.29, 0.717) is 13.1 Å². The third kappa shape index (κ3) is 5.32. The molecular formula is C17H26N6O2. The Hall–Kier alpha value is -2.35. The summed E-state index contributed by atoms with van der Waals surface area (Å²) in [5.41, 5.74) is 0. The maximum Gasteiger partial charge on any atom is 0.314 e. The van der Waals surface area contributed by atoms with Crippen molar-refractivity contribution in [3.63, 3.8) is 0 Å². The number of rotatable bonds is 8. The topological polar surface area (TPSA) is 88.2 Å². The van der Waals surface area contributed by atoms with E-state index in [1.54, 1.807) is 17.3 Å². The highest BCUT2D eigenvalue weighted by molar-refractivity contribution is 5.73. The number of nitrogens with zero attached hydrogens (tertiary/aromatic N) is 4. The van der Waals surface area contributed by atoms with Crippen LogP contribution in [0.5, 0.6) is 0 Å². The first-order chi connectivity index (χ1) is 12.3. The highest BCUT2D eigenvalue weighted by atomic mass is 16.3. The van der Waals surface area contributed by atoms with Gasteiger partial charge < -0.3 is 15.1 Å². The Balaban J connectivity index is 1.41. The van der Waals surface area contributed by atoms with E-state index in [2.05, 4.69) is 25.6 Å². The number of piperidine rings is 1. The van der Waals surface area contributed by atoms with E-state index in [9.17, 15) is 4.79 Å². The van der Waals surface area contributed by atoms with E-state index >= 15 is 0 Å². The first-order valence-electron chi connectivity index (χ1n) is 8.94. The number of aromatic nitrogens is 3. The fourth-order valence-corrected chi connectivity index (χ4v) is 3.16. The monoisotopic (exact) mass is 346 g/mol. The molecule has 136 valence electrons. The number of carbonyl (C=O) groups excluding carboxylic acids is 1. The molecule has 0 radical (unpaired) electrons. The summed E-state index contributed by atoms with van der Waals surface area (Å²) in [5, 5.41) is 9.90. The van der Waals surface area contributed by atoms with Gasteiger partial charge in [0.15, 0.2) is 0 Å². The van der Waals surface area contributed by atoms with Crippen LogP contribution in [0.25, 0.3) is 0 Å². The Morgan fingerprint density at radius 1 is 1.28 bits per heavy atom. The second-order valence-electron chi connectivity index (χ2n) is 6.28. The van der Waals surface area contributed by atoms with E-state index in [1.165, 1.54) is 25.6 Å². The lowest BCUT2D eigenvalue weighted by molar-refractivity contribution is 0.143. The highest BCUT2D eigenvalue weighted by Gasteiger charge is 2.24. The Labute approximate surface area is 147 Å². The van der Waals surface area contributed by atoms with Crippen molar-refractivity contribution in [1.29, 1.82) is 0 Å². The summed E-state index contributed by atoms with van der Waals surface area (Å²) < 4.78 is 7.34. The maximum absolute atomic E-state index is 12.1. The molecular weight excluding hydrogens is 320 g/mol. The largest absolute Gasteiger partial charge is 0.468 e. The molecule has 2 aromatic heterocycles. The number of hydrogen-bond donors (Lipinski definition) is 2.